The van der Waals surface area contributed by atoms with Gasteiger partial charge in [0.1, 0.15) is 0 Å². The van der Waals surface area contributed by atoms with E-state index in [1.54, 1.807) is 0 Å². The molecular weight excluding hydrogens is 224 g/mol. The van der Waals surface area contributed by atoms with Gasteiger partial charge in [-0.3, -0.25) is 0 Å². The smallest absolute Gasteiger partial charge is 0.0648 e. The number of rotatable bonds is 3. The number of fused-ring (bicyclic) bond motifs is 1. The fraction of sp³-hybridized carbons (Fsp3) is 0.600. The van der Waals surface area contributed by atoms with E-state index in [0.717, 1.165) is 26.1 Å². The van der Waals surface area contributed by atoms with Crippen LogP contribution in [0.15, 0.2) is 24.3 Å². The lowest BCUT2D eigenvalue weighted by Crippen LogP contribution is -2.37. The van der Waals surface area contributed by atoms with E-state index in [9.17, 15) is 0 Å². The molecule has 0 saturated carbocycles. The van der Waals surface area contributed by atoms with Crippen molar-refractivity contribution in [2.24, 2.45) is 5.73 Å². The molecule has 2 N–H and O–H groups in total. The van der Waals surface area contributed by atoms with Gasteiger partial charge in [-0.25, -0.2) is 0 Å². The van der Waals surface area contributed by atoms with Gasteiger partial charge in [-0.05, 0) is 38.8 Å². The fourth-order valence-corrected chi connectivity index (χ4v) is 2.35. The Morgan fingerprint density at radius 2 is 2.06 bits per heavy atom. The van der Waals surface area contributed by atoms with Crippen LogP contribution in [0.4, 0.5) is 5.69 Å². The van der Waals surface area contributed by atoms with Crippen molar-refractivity contribution in [2.45, 2.75) is 38.8 Å². The van der Waals surface area contributed by atoms with Crippen molar-refractivity contribution >= 4 is 5.69 Å². The van der Waals surface area contributed by atoms with Gasteiger partial charge in [-0.2, -0.15) is 0 Å². The highest BCUT2D eigenvalue weighted by Gasteiger charge is 2.22. The van der Waals surface area contributed by atoms with Crippen molar-refractivity contribution in [2.75, 3.05) is 24.6 Å². The van der Waals surface area contributed by atoms with Crippen LogP contribution >= 0.6 is 0 Å². The average molecular weight is 248 g/mol. The number of ether oxygens (including phenoxy) is 1. The molecule has 3 nitrogen and oxygen atoms in total. The maximum atomic E-state index is 6.15. The summed E-state index contributed by atoms with van der Waals surface area (Å²) in [5, 5.41) is 0. The van der Waals surface area contributed by atoms with Crippen LogP contribution in [0.3, 0.4) is 0 Å². The molecule has 2 rings (SSSR count). The normalized spacial score (nSPS) is 19.8. The van der Waals surface area contributed by atoms with E-state index in [4.69, 9.17) is 10.5 Å². The van der Waals surface area contributed by atoms with E-state index in [1.807, 2.05) is 0 Å². The zero-order valence-electron chi connectivity index (χ0n) is 11.6. The van der Waals surface area contributed by atoms with Crippen molar-refractivity contribution in [3.8, 4) is 0 Å². The lowest BCUT2D eigenvalue weighted by molar-refractivity contribution is 0.00124. The first kappa shape index (κ1) is 13.4. The fourth-order valence-electron chi connectivity index (χ4n) is 2.35. The molecule has 0 spiro atoms. The van der Waals surface area contributed by atoms with Crippen LogP contribution in [0.2, 0.25) is 0 Å². The number of para-hydroxylation sites is 1. The summed E-state index contributed by atoms with van der Waals surface area (Å²) in [5.74, 6) is 0. The van der Waals surface area contributed by atoms with Gasteiger partial charge in [-0.1, -0.05) is 18.2 Å². The van der Waals surface area contributed by atoms with Crippen LogP contribution in [0.5, 0.6) is 0 Å². The molecule has 1 unspecified atom stereocenters. The zero-order chi connectivity index (χ0) is 13.2. The monoisotopic (exact) mass is 248 g/mol. The van der Waals surface area contributed by atoms with Crippen molar-refractivity contribution in [3.63, 3.8) is 0 Å². The minimum atomic E-state index is -0.0638. The van der Waals surface area contributed by atoms with E-state index < -0.39 is 0 Å². The lowest BCUT2D eigenvalue weighted by Gasteiger charge is -2.35. The molecule has 1 aliphatic rings. The highest BCUT2D eigenvalue weighted by Crippen LogP contribution is 2.31. The summed E-state index contributed by atoms with van der Waals surface area (Å²) in [6, 6.07) is 8.62. The minimum absolute atomic E-state index is 0.0638. The molecule has 1 aliphatic heterocycles. The molecule has 1 aromatic carbocycles. The zero-order valence-corrected chi connectivity index (χ0v) is 11.6. The molecule has 1 heterocycles. The highest BCUT2D eigenvalue weighted by molar-refractivity contribution is 5.56. The van der Waals surface area contributed by atoms with Crippen molar-refractivity contribution < 1.29 is 4.74 Å². The second-order valence-corrected chi connectivity index (χ2v) is 5.90. The number of anilines is 1. The second-order valence-electron chi connectivity index (χ2n) is 5.90. The predicted molar refractivity (Wildman–Crippen MR) is 75.9 cm³/mol. The van der Waals surface area contributed by atoms with Crippen LogP contribution < -0.4 is 10.6 Å². The maximum absolute atomic E-state index is 6.15. The number of benzene rings is 1. The average Bonchev–Trinajstić information content (AvgIpc) is 2.31. The number of nitrogens with two attached hydrogens (primary N) is 1. The Morgan fingerprint density at radius 3 is 2.78 bits per heavy atom. The summed E-state index contributed by atoms with van der Waals surface area (Å²) < 4.78 is 5.80. The molecule has 0 amide bonds. The molecule has 100 valence electrons. The summed E-state index contributed by atoms with van der Waals surface area (Å²) in [4.78, 5) is 2.38. The lowest BCUT2D eigenvalue weighted by atomic mass is 9.97. The third-order valence-electron chi connectivity index (χ3n) is 3.28. The first-order valence-electron chi connectivity index (χ1n) is 6.71. The Labute approximate surface area is 110 Å². The van der Waals surface area contributed by atoms with Gasteiger partial charge in [0, 0.05) is 24.8 Å². The van der Waals surface area contributed by atoms with E-state index >= 15 is 0 Å². The summed E-state index contributed by atoms with van der Waals surface area (Å²) in [7, 11) is 0. The first-order valence-corrected chi connectivity index (χ1v) is 6.71. The molecular formula is C15H24N2O. The second kappa shape index (κ2) is 5.29. The van der Waals surface area contributed by atoms with Crippen molar-refractivity contribution in [1.82, 2.24) is 0 Å². The van der Waals surface area contributed by atoms with Gasteiger partial charge in [0.05, 0.1) is 12.2 Å². The Bertz CT molecular complexity index is 398. The van der Waals surface area contributed by atoms with E-state index in [2.05, 4.69) is 49.9 Å². The molecule has 3 heteroatoms. The predicted octanol–water partition coefficient (Wildman–Crippen LogP) is 2.71. The standard InChI is InChI=1S/C15H24N2O/c1-15(2,3)18-11-10-17-9-8-13(16)12-6-4-5-7-14(12)17/h4-7,13H,8-11,16H2,1-3H3. The third kappa shape index (κ3) is 3.24. The van der Waals surface area contributed by atoms with Gasteiger partial charge < -0.3 is 15.4 Å². The van der Waals surface area contributed by atoms with Gasteiger partial charge in [0.2, 0.25) is 0 Å². The van der Waals surface area contributed by atoms with Gasteiger partial charge >= 0.3 is 0 Å². The molecule has 18 heavy (non-hydrogen) atoms. The Morgan fingerprint density at radius 1 is 1.33 bits per heavy atom. The van der Waals surface area contributed by atoms with E-state index in [0.29, 0.717) is 0 Å². The number of nitrogens with zero attached hydrogens (tertiary/aromatic N) is 1. The van der Waals surface area contributed by atoms with Gasteiger partial charge in [0.25, 0.3) is 0 Å². The van der Waals surface area contributed by atoms with E-state index in [1.165, 1.54) is 11.3 Å². The highest BCUT2D eigenvalue weighted by atomic mass is 16.5. The first-order chi connectivity index (χ1) is 8.47. The summed E-state index contributed by atoms with van der Waals surface area (Å²) in [5.41, 5.74) is 8.62. The van der Waals surface area contributed by atoms with Crippen LogP contribution in [-0.2, 0) is 4.74 Å². The molecule has 0 radical (unpaired) electrons. The van der Waals surface area contributed by atoms with Crippen molar-refractivity contribution in [3.05, 3.63) is 29.8 Å². The number of hydrogen-bond donors (Lipinski definition) is 1. The van der Waals surface area contributed by atoms with Crippen LogP contribution in [-0.4, -0.2) is 25.3 Å². The molecule has 0 bridgehead atoms. The third-order valence-corrected chi connectivity index (χ3v) is 3.28. The van der Waals surface area contributed by atoms with Crippen LogP contribution in [0.1, 0.15) is 38.8 Å². The largest absolute Gasteiger partial charge is 0.374 e. The van der Waals surface area contributed by atoms with Gasteiger partial charge in [-0.15, -0.1) is 0 Å². The Kier molecular flexibility index (Phi) is 3.93. The Balaban J connectivity index is 2.01. The van der Waals surface area contributed by atoms with Crippen LogP contribution in [0, 0.1) is 0 Å². The molecule has 0 aromatic heterocycles. The summed E-state index contributed by atoms with van der Waals surface area (Å²) >= 11 is 0. The summed E-state index contributed by atoms with van der Waals surface area (Å²) in [6.45, 7) is 8.98. The van der Waals surface area contributed by atoms with E-state index in [-0.39, 0.29) is 11.6 Å². The number of hydrogen-bond acceptors (Lipinski definition) is 3. The van der Waals surface area contributed by atoms with Gasteiger partial charge in [0.15, 0.2) is 0 Å². The SMILES string of the molecule is CC(C)(C)OCCN1CCC(N)c2ccccc21. The minimum Gasteiger partial charge on any atom is -0.374 e. The molecule has 0 saturated heterocycles. The molecule has 1 aromatic rings. The Hall–Kier alpha value is -1.06. The maximum Gasteiger partial charge on any atom is 0.0648 e. The topological polar surface area (TPSA) is 38.5 Å². The quantitative estimate of drug-likeness (QED) is 0.894. The molecule has 0 fully saturated rings. The molecule has 0 aliphatic carbocycles. The van der Waals surface area contributed by atoms with Crippen molar-refractivity contribution in [1.29, 1.82) is 0 Å². The summed E-state index contributed by atoms with van der Waals surface area (Å²) in [6.07, 6.45) is 1.02. The molecule has 1 atom stereocenters. The van der Waals surface area contributed by atoms with Crippen LogP contribution in [0.25, 0.3) is 0 Å².